The van der Waals surface area contributed by atoms with Crippen LogP contribution in [0.1, 0.15) is 47.2 Å². The molecule has 2 bridgehead atoms. The Hall–Kier alpha value is -3.15. The number of carbonyl (C=O) groups is 2. The Morgan fingerprint density at radius 1 is 1.14 bits per heavy atom. The van der Waals surface area contributed by atoms with Crippen LogP contribution in [-0.2, 0) is 11.3 Å². The van der Waals surface area contributed by atoms with Crippen molar-refractivity contribution in [1.82, 2.24) is 4.90 Å². The Kier molecular flexibility index (Phi) is 5.34. The number of carboxylic acids is 1. The number of nitrogens with zero attached hydrogens (tertiary/aromatic N) is 1. The number of aromatic carboxylic acids is 1. The predicted octanol–water partition coefficient (Wildman–Crippen LogP) is 4.87. The first-order valence-corrected chi connectivity index (χ1v) is 9.76. The molecule has 4 rings (SSSR count). The highest BCUT2D eigenvalue weighted by atomic mass is 19.1. The van der Waals surface area contributed by atoms with Gasteiger partial charge >= 0.3 is 12.1 Å². The fourth-order valence-electron chi connectivity index (χ4n) is 4.21. The van der Waals surface area contributed by atoms with Crippen molar-refractivity contribution in [3.05, 3.63) is 77.1 Å². The van der Waals surface area contributed by atoms with Gasteiger partial charge in [0.1, 0.15) is 12.4 Å². The zero-order valence-corrected chi connectivity index (χ0v) is 15.9. The van der Waals surface area contributed by atoms with Crippen LogP contribution in [0.25, 0.3) is 5.57 Å². The fraction of sp³-hybridized carbons (Fsp3) is 0.304. The summed E-state index contributed by atoms with van der Waals surface area (Å²) in [7, 11) is 0. The van der Waals surface area contributed by atoms with E-state index in [9.17, 15) is 19.1 Å². The van der Waals surface area contributed by atoms with Gasteiger partial charge in [-0.1, -0.05) is 42.5 Å². The van der Waals surface area contributed by atoms with E-state index in [1.165, 1.54) is 12.1 Å². The number of fused-ring (bicyclic) bond motifs is 2. The van der Waals surface area contributed by atoms with Crippen molar-refractivity contribution >= 4 is 17.6 Å². The first-order valence-electron chi connectivity index (χ1n) is 9.76. The summed E-state index contributed by atoms with van der Waals surface area (Å²) in [6, 6.07) is 13.6. The van der Waals surface area contributed by atoms with E-state index in [4.69, 9.17) is 4.74 Å². The molecule has 5 nitrogen and oxygen atoms in total. The number of hydrogen-bond acceptors (Lipinski definition) is 3. The second-order valence-corrected chi connectivity index (χ2v) is 7.50. The third-order valence-electron chi connectivity index (χ3n) is 5.62. The molecule has 2 aliphatic heterocycles. The topological polar surface area (TPSA) is 66.8 Å². The van der Waals surface area contributed by atoms with E-state index in [0.717, 1.165) is 30.4 Å². The lowest BCUT2D eigenvalue weighted by Gasteiger charge is -2.44. The maximum absolute atomic E-state index is 13.7. The molecule has 6 heteroatoms. The number of rotatable bonds is 4. The number of hydrogen-bond donors (Lipinski definition) is 1. The van der Waals surface area contributed by atoms with Gasteiger partial charge in [-0.25, -0.2) is 14.0 Å². The van der Waals surface area contributed by atoms with Crippen molar-refractivity contribution in [2.24, 2.45) is 0 Å². The van der Waals surface area contributed by atoms with E-state index in [1.807, 2.05) is 36.4 Å². The lowest BCUT2D eigenvalue weighted by molar-refractivity contribution is 0.0510. The van der Waals surface area contributed by atoms with Crippen LogP contribution in [0.3, 0.4) is 0 Å². The zero-order valence-electron chi connectivity index (χ0n) is 15.9. The van der Waals surface area contributed by atoms with E-state index in [0.29, 0.717) is 12.0 Å². The maximum atomic E-state index is 13.7. The van der Waals surface area contributed by atoms with Crippen LogP contribution >= 0.6 is 0 Å². The molecule has 0 saturated carbocycles. The molecule has 1 amide bonds. The number of halogens is 1. The van der Waals surface area contributed by atoms with Crippen LogP contribution < -0.4 is 0 Å². The van der Waals surface area contributed by atoms with Gasteiger partial charge in [0.15, 0.2) is 0 Å². The molecule has 1 N–H and O–H groups in total. The fourth-order valence-corrected chi connectivity index (χ4v) is 4.21. The molecular formula is C23H22FNO4. The molecule has 2 heterocycles. The van der Waals surface area contributed by atoms with Crippen LogP contribution in [0.15, 0.2) is 54.6 Å². The average Bonchev–Trinajstić information content (AvgIpc) is 2.72. The molecule has 0 spiro atoms. The summed E-state index contributed by atoms with van der Waals surface area (Å²) >= 11 is 0. The molecule has 0 aromatic heterocycles. The van der Waals surface area contributed by atoms with Crippen LogP contribution in [0.2, 0.25) is 0 Å². The summed E-state index contributed by atoms with van der Waals surface area (Å²) in [5, 5.41) is 9.19. The van der Waals surface area contributed by atoms with Crippen LogP contribution in [0, 0.1) is 5.82 Å². The van der Waals surface area contributed by atoms with Gasteiger partial charge in [0.2, 0.25) is 0 Å². The third-order valence-corrected chi connectivity index (χ3v) is 5.62. The molecule has 2 atom stereocenters. The van der Waals surface area contributed by atoms with E-state index < -0.39 is 11.8 Å². The highest BCUT2D eigenvalue weighted by Crippen LogP contribution is 2.38. The quantitative estimate of drug-likeness (QED) is 0.802. The van der Waals surface area contributed by atoms with Crippen molar-refractivity contribution in [3.63, 3.8) is 0 Å². The van der Waals surface area contributed by atoms with E-state index in [-0.39, 0.29) is 30.3 Å². The zero-order chi connectivity index (χ0) is 20.4. The summed E-state index contributed by atoms with van der Waals surface area (Å²) in [6.07, 6.45) is 4.98. The summed E-state index contributed by atoms with van der Waals surface area (Å²) in [6.45, 7) is 0.228. The molecule has 2 aromatic rings. The van der Waals surface area contributed by atoms with Crippen molar-refractivity contribution in [2.45, 2.75) is 44.4 Å². The molecule has 150 valence electrons. The number of benzene rings is 2. The van der Waals surface area contributed by atoms with Gasteiger partial charge in [-0.3, -0.25) is 4.90 Å². The third kappa shape index (κ3) is 4.01. The molecule has 2 unspecified atom stereocenters. The second-order valence-electron chi connectivity index (χ2n) is 7.50. The molecule has 29 heavy (non-hydrogen) atoms. The van der Waals surface area contributed by atoms with Gasteiger partial charge in [-0.15, -0.1) is 0 Å². The Balaban J connectivity index is 1.53. The summed E-state index contributed by atoms with van der Waals surface area (Å²) in [4.78, 5) is 25.8. The Labute approximate surface area is 168 Å². The number of piperidine rings is 1. The molecule has 2 aromatic carbocycles. The van der Waals surface area contributed by atoms with Gasteiger partial charge < -0.3 is 9.84 Å². The standard InChI is InChI=1S/C23H22FNO4/c24-21-10-9-16(13-20(21)22(26)27)17-11-18-7-4-8-19(12-17)25(18)23(28)29-14-15-5-2-1-3-6-15/h1-3,5-6,9-11,13,18-19H,4,7-8,12,14H2,(H,26,27). The van der Waals surface area contributed by atoms with Gasteiger partial charge in [0, 0.05) is 6.04 Å². The van der Waals surface area contributed by atoms with Crippen molar-refractivity contribution in [2.75, 3.05) is 0 Å². The van der Waals surface area contributed by atoms with E-state index in [1.54, 1.807) is 11.0 Å². The summed E-state index contributed by atoms with van der Waals surface area (Å²) in [5.74, 6) is -2.03. The summed E-state index contributed by atoms with van der Waals surface area (Å²) < 4.78 is 19.3. The molecular weight excluding hydrogens is 373 g/mol. The lowest BCUT2D eigenvalue weighted by Crippen LogP contribution is -2.51. The minimum Gasteiger partial charge on any atom is -0.478 e. The van der Waals surface area contributed by atoms with E-state index >= 15 is 0 Å². The van der Waals surface area contributed by atoms with Crippen LogP contribution in [0.4, 0.5) is 9.18 Å². The van der Waals surface area contributed by atoms with Crippen molar-refractivity contribution in [1.29, 1.82) is 0 Å². The molecule has 0 radical (unpaired) electrons. The Bertz CT molecular complexity index is 957. The highest BCUT2D eigenvalue weighted by Gasteiger charge is 2.38. The van der Waals surface area contributed by atoms with Crippen molar-refractivity contribution < 1.29 is 23.8 Å². The number of carbonyl (C=O) groups excluding carboxylic acids is 1. The second kappa shape index (κ2) is 8.07. The minimum atomic E-state index is -1.29. The van der Waals surface area contributed by atoms with Gasteiger partial charge in [0.05, 0.1) is 11.6 Å². The maximum Gasteiger partial charge on any atom is 0.410 e. The Morgan fingerprint density at radius 2 is 1.93 bits per heavy atom. The van der Waals surface area contributed by atoms with E-state index in [2.05, 4.69) is 0 Å². The molecule has 1 fully saturated rings. The lowest BCUT2D eigenvalue weighted by atomic mass is 9.83. The predicted molar refractivity (Wildman–Crippen MR) is 106 cm³/mol. The largest absolute Gasteiger partial charge is 0.478 e. The number of carboxylic acid groups (broad SMARTS) is 1. The normalized spacial score (nSPS) is 20.7. The highest BCUT2D eigenvalue weighted by molar-refractivity contribution is 5.89. The van der Waals surface area contributed by atoms with Crippen molar-refractivity contribution in [3.8, 4) is 0 Å². The number of ether oxygens (including phenoxy) is 1. The van der Waals surface area contributed by atoms with Gasteiger partial charge in [-0.05, 0) is 54.5 Å². The SMILES string of the molecule is O=C(O)c1cc(C2=CC3CCCC(C2)N3C(=O)OCc2ccccc2)ccc1F. The minimum absolute atomic E-state index is 0.00430. The number of amides is 1. The Morgan fingerprint density at radius 3 is 2.66 bits per heavy atom. The molecule has 1 saturated heterocycles. The monoisotopic (exact) mass is 395 g/mol. The molecule has 2 aliphatic rings. The first kappa shape index (κ1) is 19.2. The smallest absolute Gasteiger partial charge is 0.410 e. The average molecular weight is 395 g/mol. The van der Waals surface area contributed by atoms with Gasteiger partial charge in [-0.2, -0.15) is 0 Å². The van der Waals surface area contributed by atoms with Crippen LogP contribution in [-0.4, -0.2) is 34.2 Å². The first-order chi connectivity index (χ1) is 14.0. The van der Waals surface area contributed by atoms with Crippen LogP contribution in [0.5, 0.6) is 0 Å². The molecule has 0 aliphatic carbocycles. The summed E-state index contributed by atoms with van der Waals surface area (Å²) in [5.41, 5.74) is 2.25. The van der Waals surface area contributed by atoms with Gasteiger partial charge in [0.25, 0.3) is 0 Å².